The smallest absolute Gasteiger partial charge is 0.412 e. The topological polar surface area (TPSA) is 63.5 Å². The molecule has 5 nitrogen and oxygen atoms in total. The number of ether oxygens (including phenoxy) is 1. The third-order valence-corrected chi connectivity index (χ3v) is 2.96. The van der Waals surface area contributed by atoms with E-state index >= 15 is 0 Å². The number of halogens is 1. The third kappa shape index (κ3) is 5.02. The Hall–Kier alpha value is -2.50. The molecular weight excluding hydrogens is 299 g/mol. The van der Waals surface area contributed by atoms with Gasteiger partial charge in [-0.2, -0.15) is 0 Å². The van der Waals surface area contributed by atoms with Crippen LogP contribution >= 0.6 is 0 Å². The van der Waals surface area contributed by atoms with Crippen LogP contribution in [-0.4, -0.2) is 11.7 Å². The largest absolute Gasteiger partial charge is 0.467 e. The monoisotopic (exact) mass is 320 g/mol. The number of anilines is 2. The van der Waals surface area contributed by atoms with Crippen LogP contribution in [0.4, 0.5) is 20.6 Å². The molecule has 0 aliphatic carbocycles. The van der Waals surface area contributed by atoms with Crippen molar-refractivity contribution in [3.8, 4) is 0 Å². The van der Waals surface area contributed by atoms with Gasteiger partial charge in [-0.25, -0.2) is 9.18 Å². The van der Waals surface area contributed by atoms with Gasteiger partial charge in [0.2, 0.25) is 0 Å². The van der Waals surface area contributed by atoms with Crippen molar-refractivity contribution < 1.29 is 18.3 Å². The van der Waals surface area contributed by atoms with Crippen molar-refractivity contribution in [1.82, 2.24) is 0 Å². The highest BCUT2D eigenvalue weighted by Gasteiger charge is 2.18. The highest BCUT2D eigenvalue weighted by molar-refractivity contribution is 5.89. The lowest BCUT2D eigenvalue weighted by Crippen LogP contribution is -2.27. The first-order valence-corrected chi connectivity index (χ1v) is 7.34. The molecular formula is C17H21FN2O3. The Bertz CT molecular complexity index is 663. The van der Waals surface area contributed by atoms with Crippen LogP contribution < -0.4 is 10.6 Å². The summed E-state index contributed by atoms with van der Waals surface area (Å²) in [5, 5.41) is 5.74. The molecule has 0 fully saturated rings. The van der Waals surface area contributed by atoms with Crippen LogP contribution in [0.15, 0.2) is 41.0 Å². The average Bonchev–Trinajstić information content (AvgIpc) is 2.93. The Morgan fingerprint density at radius 1 is 1.26 bits per heavy atom. The van der Waals surface area contributed by atoms with Gasteiger partial charge >= 0.3 is 6.09 Å². The van der Waals surface area contributed by atoms with E-state index in [1.54, 1.807) is 33.1 Å². The van der Waals surface area contributed by atoms with Gasteiger partial charge in [-0.05, 0) is 58.0 Å². The molecule has 124 valence electrons. The number of rotatable bonds is 4. The molecule has 1 amide bonds. The molecule has 0 bridgehead atoms. The number of hydrogen-bond donors (Lipinski definition) is 2. The van der Waals surface area contributed by atoms with Gasteiger partial charge in [-0.1, -0.05) is 0 Å². The predicted octanol–water partition coefficient (Wildman–Crippen LogP) is 4.94. The highest BCUT2D eigenvalue weighted by atomic mass is 19.1. The van der Waals surface area contributed by atoms with Crippen molar-refractivity contribution in [2.24, 2.45) is 0 Å². The molecule has 2 rings (SSSR count). The molecule has 1 unspecified atom stereocenters. The minimum absolute atomic E-state index is 0.189. The molecule has 1 atom stereocenters. The minimum Gasteiger partial charge on any atom is -0.467 e. The van der Waals surface area contributed by atoms with Gasteiger partial charge in [0.15, 0.2) is 0 Å². The highest BCUT2D eigenvalue weighted by Crippen LogP contribution is 2.28. The van der Waals surface area contributed by atoms with E-state index in [0.29, 0.717) is 17.1 Å². The van der Waals surface area contributed by atoms with Crippen LogP contribution in [0.5, 0.6) is 0 Å². The summed E-state index contributed by atoms with van der Waals surface area (Å²) < 4.78 is 24.1. The fraction of sp³-hybridized carbons (Fsp3) is 0.353. The van der Waals surface area contributed by atoms with Gasteiger partial charge in [-0.15, -0.1) is 0 Å². The molecule has 23 heavy (non-hydrogen) atoms. The third-order valence-electron chi connectivity index (χ3n) is 2.96. The Morgan fingerprint density at radius 3 is 2.61 bits per heavy atom. The van der Waals surface area contributed by atoms with Gasteiger partial charge in [0.25, 0.3) is 0 Å². The predicted molar refractivity (Wildman–Crippen MR) is 87.0 cm³/mol. The molecule has 2 N–H and O–H groups in total. The summed E-state index contributed by atoms with van der Waals surface area (Å²) in [4.78, 5) is 11.9. The summed E-state index contributed by atoms with van der Waals surface area (Å²) >= 11 is 0. The van der Waals surface area contributed by atoms with Crippen molar-refractivity contribution in [2.75, 3.05) is 10.6 Å². The molecule has 1 aromatic carbocycles. The second-order valence-corrected chi connectivity index (χ2v) is 6.20. The number of benzene rings is 1. The Balaban J connectivity index is 2.15. The lowest BCUT2D eigenvalue weighted by atomic mass is 10.2. The van der Waals surface area contributed by atoms with Crippen LogP contribution in [-0.2, 0) is 4.74 Å². The summed E-state index contributed by atoms with van der Waals surface area (Å²) in [7, 11) is 0. The molecule has 0 spiro atoms. The zero-order valence-corrected chi connectivity index (χ0v) is 13.6. The van der Waals surface area contributed by atoms with Gasteiger partial charge in [0.05, 0.1) is 23.7 Å². The number of furan rings is 1. The Kier molecular flexibility index (Phi) is 4.93. The molecule has 6 heteroatoms. The number of nitrogens with one attached hydrogen (secondary N) is 2. The summed E-state index contributed by atoms with van der Waals surface area (Å²) in [5.74, 6) is 0.298. The molecule has 0 radical (unpaired) electrons. The summed E-state index contributed by atoms with van der Waals surface area (Å²) in [6, 6.07) is 7.47. The first-order chi connectivity index (χ1) is 10.7. The first-order valence-electron chi connectivity index (χ1n) is 7.34. The van der Waals surface area contributed by atoms with Gasteiger partial charge in [0, 0.05) is 0 Å². The molecule has 0 aliphatic rings. The molecule has 0 saturated carbocycles. The van der Waals surface area contributed by atoms with E-state index in [1.165, 1.54) is 18.2 Å². The quantitative estimate of drug-likeness (QED) is 0.837. The van der Waals surface area contributed by atoms with E-state index in [0.717, 1.165) is 0 Å². The van der Waals surface area contributed by atoms with Gasteiger partial charge in [-0.3, -0.25) is 5.32 Å². The molecule has 0 aliphatic heterocycles. The van der Waals surface area contributed by atoms with Crippen molar-refractivity contribution >= 4 is 17.5 Å². The van der Waals surface area contributed by atoms with Crippen molar-refractivity contribution in [3.63, 3.8) is 0 Å². The van der Waals surface area contributed by atoms with Crippen molar-refractivity contribution in [3.05, 3.63) is 48.2 Å². The number of carbonyl (C=O) groups is 1. The maximum atomic E-state index is 13.5. The van der Waals surface area contributed by atoms with Gasteiger partial charge in [0.1, 0.15) is 17.2 Å². The van der Waals surface area contributed by atoms with Crippen LogP contribution in [0.1, 0.15) is 39.5 Å². The van der Waals surface area contributed by atoms with Crippen LogP contribution in [0.25, 0.3) is 0 Å². The minimum atomic E-state index is -0.612. The average molecular weight is 320 g/mol. The van der Waals surface area contributed by atoms with Gasteiger partial charge < -0.3 is 14.5 Å². The van der Waals surface area contributed by atoms with E-state index in [-0.39, 0.29) is 6.04 Å². The van der Waals surface area contributed by atoms with Crippen LogP contribution in [0, 0.1) is 5.82 Å². The van der Waals surface area contributed by atoms with E-state index in [2.05, 4.69) is 10.6 Å². The van der Waals surface area contributed by atoms with E-state index in [4.69, 9.17) is 9.15 Å². The zero-order chi connectivity index (χ0) is 17.0. The Morgan fingerprint density at radius 2 is 2.00 bits per heavy atom. The number of amides is 1. The Labute approximate surface area is 134 Å². The zero-order valence-electron chi connectivity index (χ0n) is 13.6. The summed E-state index contributed by atoms with van der Waals surface area (Å²) in [6.45, 7) is 7.20. The summed E-state index contributed by atoms with van der Waals surface area (Å²) in [5.41, 5.74) is 0.262. The molecule has 0 saturated heterocycles. The molecule has 1 aromatic heterocycles. The normalized spacial score (nSPS) is 12.6. The first kappa shape index (κ1) is 16.9. The van der Waals surface area contributed by atoms with Crippen LogP contribution in [0.3, 0.4) is 0 Å². The number of hydrogen-bond acceptors (Lipinski definition) is 4. The maximum Gasteiger partial charge on any atom is 0.412 e. The lowest BCUT2D eigenvalue weighted by Gasteiger charge is -2.21. The SMILES string of the molecule is CC(Nc1cc(F)ccc1NC(=O)OC(C)(C)C)c1ccco1. The van der Waals surface area contributed by atoms with Crippen molar-refractivity contribution in [2.45, 2.75) is 39.3 Å². The lowest BCUT2D eigenvalue weighted by molar-refractivity contribution is 0.0636. The fourth-order valence-electron chi connectivity index (χ4n) is 2.00. The van der Waals surface area contributed by atoms with E-state index in [9.17, 15) is 9.18 Å². The van der Waals surface area contributed by atoms with Crippen molar-refractivity contribution in [1.29, 1.82) is 0 Å². The summed E-state index contributed by atoms with van der Waals surface area (Å²) in [6.07, 6.45) is 0.969. The van der Waals surface area contributed by atoms with E-state index in [1.807, 2.05) is 13.0 Å². The fourth-order valence-corrected chi connectivity index (χ4v) is 2.00. The van der Waals surface area contributed by atoms with E-state index < -0.39 is 17.5 Å². The molecule has 1 heterocycles. The molecule has 2 aromatic rings. The second-order valence-electron chi connectivity index (χ2n) is 6.20. The standard InChI is InChI=1S/C17H21FN2O3/c1-11(15-6-5-9-22-15)19-14-10-12(18)7-8-13(14)20-16(21)23-17(2,3)4/h5-11,19H,1-4H3,(H,20,21). The van der Waals surface area contributed by atoms with Crippen LogP contribution in [0.2, 0.25) is 0 Å². The number of carbonyl (C=O) groups excluding carboxylic acids is 1. The maximum absolute atomic E-state index is 13.5. The second kappa shape index (κ2) is 6.73.